The van der Waals surface area contributed by atoms with Crippen molar-refractivity contribution in [1.29, 1.82) is 0 Å². The van der Waals surface area contributed by atoms with Gasteiger partial charge in [0.1, 0.15) is 18.3 Å². The van der Waals surface area contributed by atoms with E-state index in [-0.39, 0.29) is 0 Å². The molecule has 0 aliphatic heterocycles. The van der Waals surface area contributed by atoms with Crippen LogP contribution in [0.1, 0.15) is 0 Å². The maximum absolute atomic E-state index is 9.64. The highest BCUT2D eigenvalue weighted by molar-refractivity contribution is 5.65. The van der Waals surface area contributed by atoms with Crippen LogP contribution in [0, 0.1) is 0 Å². The molecule has 0 unspecified atom stereocenters. The topological polar surface area (TPSA) is 154 Å². The molecule has 114 valence electrons. The molecule has 4 atom stereocenters. The van der Waals surface area contributed by atoms with Crippen LogP contribution in [-0.4, -0.2) is 57.6 Å². The Labute approximate surface area is 120 Å². The SMILES string of the molecule is [N-]=[N+]=NC[C@@H](O)[C@H](O)[C@H](O)[C@@H](O)C=NNc1ccccc1. The lowest BCUT2D eigenvalue weighted by molar-refractivity contribution is -0.0845. The van der Waals surface area contributed by atoms with Crippen molar-refractivity contribution in [3.8, 4) is 0 Å². The quantitative estimate of drug-likeness (QED) is 0.148. The van der Waals surface area contributed by atoms with Crippen LogP contribution in [0.3, 0.4) is 0 Å². The van der Waals surface area contributed by atoms with E-state index in [1.807, 2.05) is 6.07 Å². The van der Waals surface area contributed by atoms with Crippen molar-refractivity contribution in [2.75, 3.05) is 12.0 Å². The predicted octanol–water partition coefficient (Wildman–Crippen LogP) is -0.162. The maximum Gasteiger partial charge on any atom is 0.119 e. The number of rotatable bonds is 8. The van der Waals surface area contributed by atoms with E-state index < -0.39 is 31.0 Å². The highest BCUT2D eigenvalue weighted by Gasteiger charge is 2.29. The number of nitrogens with zero attached hydrogens (tertiary/aromatic N) is 4. The summed E-state index contributed by atoms with van der Waals surface area (Å²) in [5, 5.41) is 45.0. The molecule has 0 aromatic heterocycles. The summed E-state index contributed by atoms with van der Waals surface area (Å²) >= 11 is 0. The summed E-state index contributed by atoms with van der Waals surface area (Å²) < 4.78 is 0. The van der Waals surface area contributed by atoms with E-state index in [0.29, 0.717) is 5.69 Å². The van der Waals surface area contributed by atoms with Gasteiger partial charge in [-0.05, 0) is 17.7 Å². The van der Waals surface area contributed by atoms with Gasteiger partial charge in [-0.3, -0.25) is 5.43 Å². The second kappa shape index (κ2) is 8.90. The molecule has 9 heteroatoms. The van der Waals surface area contributed by atoms with E-state index in [1.165, 1.54) is 0 Å². The van der Waals surface area contributed by atoms with Gasteiger partial charge >= 0.3 is 0 Å². The van der Waals surface area contributed by atoms with Crippen LogP contribution in [-0.2, 0) is 0 Å². The van der Waals surface area contributed by atoms with Gasteiger partial charge < -0.3 is 20.4 Å². The Kier molecular flexibility index (Phi) is 7.16. The number of anilines is 1. The van der Waals surface area contributed by atoms with E-state index in [2.05, 4.69) is 20.6 Å². The predicted molar refractivity (Wildman–Crippen MR) is 76.6 cm³/mol. The Morgan fingerprint density at radius 2 is 1.81 bits per heavy atom. The van der Waals surface area contributed by atoms with Gasteiger partial charge in [-0.1, -0.05) is 23.3 Å². The maximum atomic E-state index is 9.64. The minimum Gasteiger partial charge on any atom is -0.390 e. The van der Waals surface area contributed by atoms with Crippen LogP contribution in [0.25, 0.3) is 10.4 Å². The Hall–Kier alpha value is -2.16. The number of nitrogens with one attached hydrogen (secondary N) is 1. The molecule has 0 heterocycles. The highest BCUT2D eigenvalue weighted by atomic mass is 16.4. The van der Waals surface area contributed by atoms with Gasteiger partial charge in [0.15, 0.2) is 0 Å². The molecular formula is C12H17N5O4. The Morgan fingerprint density at radius 3 is 2.43 bits per heavy atom. The Bertz CT molecular complexity index is 492. The fourth-order valence-corrected chi connectivity index (χ4v) is 1.45. The summed E-state index contributed by atoms with van der Waals surface area (Å²) in [6, 6.07) is 8.91. The van der Waals surface area contributed by atoms with Crippen LogP contribution >= 0.6 is 0 Å². The largest absolute Gasteiger partial charge is 0.390 e. The van der Waals surface area contributed by atoms with E-state index in [9.17, 15) is 20.4 Å². The number of hydrogen-bond donors (Lipinski definition) is 5. The third-order valence-electron chi connectivity index (χ3n) is 2.62. The number of aliphatic hydroxyl groups excluding tert-OH is 4. The first-order valence-electron chi connectivity index (χ1n) is 6.13. The molecule has 0 aliphatic rings. The second-order valence-corrected chi connectivity index (χ2v) is 4.21. The van der Waals surface area contributed by atoms with Crippen molar-refractivity contribution >= 4 is 11.9 Å². The van der Waals surface area contributed by atoms with Crippen molar-refractivity contribution in [3.05, 3.63) is 40.8 Å². The average Bonchev–Trinajstić information content (AvgIpc) is 2.52. The van der Waals surface area contributed by atoms with Gasteiger partial charge in [0.05, 0.1) is 24.6 Å². The fourth-order valence-electron chi connectivity index (χ4n) is 1.45. The van der Waals surface area contributed by atoms with Crippen molar-refractivity contribution < 1.29 is 20.4 Å². The molecule has 0 spiro atoms. The van der Waals surface area contributed by atoms with Crippen molar-refractivity contribution in [2.45, 2.75) is 24.4 Å². The molecule has 1 rings (SSSR count). The average molecular weight is 295 g/mol. The summed E-state index contributed by atoms with van der Waals surface area (Å²) in [6.07, 6.45) is -5.34. The standard InChI is InChI=1S/C12H17N5O4/c13-17-15-7-10(19)12(21)11(20)9(18)6-14-16-8-4-2-1-3-5-8/h1-6,9-12,16,18-21H,7H2/t9-,10+,11+,12-/m0/s1. The second-order valence-electron chi connectivity index (χ2n) is 4.21. The molecule has 5 N–H and O–H groups in total. The van der Waals surface area contributed by atoms with Gasteiger partial charge in [0, 0.05) is 4.91 Å². The summed E-state index contributed by atoms with van der Waals surface area (Å²) in [7, 11) is 0. The smallest absolute Gasteiger partial charge is 0.119 e. The van der Waals surface area contributed by atoms with E-state index >= 15 is 0 Å². The third-order valence-corrected chi connectivity index (χ3v) is 2.62. The molecule has 1 aromatic rings. The van der Waals surface area contributed by atoms with Crippen molar-refractivity contribution in [1.82, 2.24) is 0 Å². The summed E-state index contributed by atoms with van der Waals surface area (Å²) in [5.74, 6) is 0. The lowest BCUT2D eigenvalue weighted by Crippen LogP contribution is -2.46. The molecule has 0 fully saturated rings. The van der Waals surface area contributed by atoms with Crippen molar-refractivity contribution in [2.24, 2.45) is 10.2 Å². The zero-order valence-corrected chi connectivity index (χ0v) is 11.1. The van der Waals surface area contributed by atoms with Crippen LogP contribution < -0.4 is 5.43 Å². The normalized spacial score (nSPS) is 16.8. The summed E-state index contributed by atoms with van der Waals surface area (Å²) in [5.41, 5.74) is 11.4. The molecule has 0 saturated heterocycles. The number of hydrazone groups is 1. The van der Waals surface area contributed by atoms with Gasteiger partial charge in [0.25, 0.3) is 0 Å². The first-order chi connectivity index (χ1) is 10.1. The molecule has 9 nitrogen and oxygen atoms in total. The molecule has 0 bridgehead atoms. The number of hydrogen-bond acceptors (Lipinski definition) is 7. The molecule has 0 radical (unpaired) electrons. The van der Waals surface area contributed by atoms with Gasteiger partial charge in [0.2, 0.25) is 0 Å². The molecule has 0 amide bonds. The number of azide groups is 1. The Balaban J connectivity index is 2.49. The summed E-state index contributed by atoms with van der Waals surface area (Å²) in [6.45, 7) is -0.416. The first-order valence-corrected chi connectivity index (χ1v) is 6.13. The lowest BCUT2D eigenvalue weighted by Gasteiger charge is -2.23. The van der Waals surface area contributed by atoms with Gasteiger partial charge in [-0.25, -0.2) is 0 Å². The van der Waals surface area contributed by atoms with E-state index in [4.69, 9.17) is 5.53 Å². The van der Waals surface area contributed by atoms with Crippen LogP contribution in [0.15, 0.2) is 40.5 Å². The third kappa shape index (κ3) is 5.78. The molecule has 0 saturated carbocycles. The van der Waals surface area contributed by atoms with Crippen LogP contribution in [0.5, 0.6) is 0 Å². The first kappa shape index (κ1) is 16.9. The number of para-hydroxylation sites is 1. The summed E-state index contributed by atoms with van der Waals surface area (Å²) in [4.78, 5) is 2.42. The zero-order chi connectivity index (χ0) is 15.7. The van der Waals surface area contributed by atoms with Gasteiger partial charge in [-0.2, -0.15) is 5.10 Å². The van der Waals surface area contributed by atoms with Crippen LogP contribution in [0.4, 0.5) is 5.69 Å². The number of aliphatic hydroxyl groups is 4. The monoisotopic (exact) mass is 295 g/mol. The Morgan fingerprint density at radius 1 is 1.14 bits per heavy atom. The fraction of sp³-hybridized carbons (Fsp3) is 0.417. The van der Waals surface area contributed by atoms with Crippen LogP contribution in [0.2, 0.25) is 0 Å². The molecular weight excluding hydrogens is 278 g/mol. The highest BCUT2D eigenvalue weighted by Crippen LogP contribution is 2.06. The minimum atomic E-state index is -1.67. The van der Waals surface area contributed by atoms with E-state index in [1.54, 1.807) is 24.3 Å². The van der Waals surface area contributed by atoms with Crippen molar-refractivity contribution in [3.63, 3.8) is 0 Å². The molecule has 21 heavy (non-hydrogen) atoms. The minimum absolute atomic E-state index is 0.416. The molecule has 0 aliphatic carbocycles. The van der Waals surface area contributed by atoms with Gasteiger partial charge in [-0.15, -0.1) is 0 Å². The van der Waals surface area contributed by atoms with E-state index in [0.717, 1.165) is 6.21 Å². The zero-order valence-electron chi connectivity index (χ0n) is 11.1. The molecule has 1 aromatic carbocycles. The number of benzene rings is 1. The lowest BCUT2D eigenvalue weighted by atomic mass is 10.0.